The fourth-order valence-electron chi connectivity index (χ4n) is 1.45. The van der Waals surface area contributed by atoms with Gasteiger partial charge in [0.1, 0.15) is 6.67 Å². The van der Waals surface area contributed by atoms with Crippen LogP contribution in [0.15, 0.2) is 0 Å². The van der Waals surface area contributed by atoms with Crippen molar-refractivity contribution < 1.29 is 52.7 Å². The molecule has 0 bridgehead atoms. The van der Waals surface area contributed by atoms with E-state index in [1.165, 1.54) is 0 Å². The molecule has 114 valence electrons. The van der Waals surface area contributed by atoms with Gasteiger partial charge in [-0.15, -0.1) is 0 Å². The normalized spacial score (nSPS) is 32.8. The standard InChI is InChI=1S/C7H2F12/c8-1-2(9)3(10,11)5(14,15)7(18,19)6(16,17)4(2,12)13/h1H2. The lowest BCUT2D eigenvalue weighted by Crippen LogP contribution is -2.84. The van der Waals surface area contributed by atoms with Crippen LogP contribution in [0, 0.1) is 0 Å². The molecular weight excluding hydrogens is 312 g/mol. The van der Waals surface area contributed by atoms with Crippen molar-refractivity contribution >= 4 is 0 Å². The molecule has 1 fully saturated rings. The summed E-state index contributed by atoms with van der Waals surface area (Å²) < 4.78 is 151. The van der Waals surface area contributed by atoms with Gasteiger partial charge in [-0.25, -0.2) is 8.78 Å². The molecule has 0 heterocycles. The Morgan fingerprint density at radius 1 is 0.421 bits per heavy atom. The Balaban J connectivity index is 3.76. The van der Waals surface area contributed by atoms with E-state index in [-0.39, 0.29) is 0 Å². The van der Waals surface area contributed by atoms with Crippen LogP contribution in [-0.2, 0) is 0 Å². The zero-order chi connectivity index (χ0) is 15.7. The molecule has 0 radical (unpaired) electrons. The summed E-state index contributed by atoms with van der Waals surface area (Å²) >= 11 is 0. The predicted molar refractivity (Wildman–Crippen MR) is 34.5 cm³/mol. The Labute approximate surface area is 95.9 Å². The van der Waals surface area contributed by atoms with E-state index in [0.717, 1.165) is 0 Å². The van der Waals surface area contributed by atoms with Crippen molar-refractivity contribution in [3.05, 3.63) is 0 Å². The Kier molecular flexibility index (Phi) is 2.92. The predicted octanol–water partition coefficient (Wildman–Crippen LogP) is 3.85. The van der Waals surface area contributed by atoms with Crippen molar-refractivity contribution in [2.75, 3.05) is 6.67 Å². The van der Waals surface area contributed by atoms with Gasteiger partial charge in [0, 0.05) is 0 Å². The van der Waals surface area contributed by atoms with Crippen LogP contribution < -0.4 is 0 Å². The fourth-order valence-corrected chi connectivity index (χ4v) is 1.45. The second-order valence-corrected chi connectivity index (χ2v) is 3.81. The van der Waals surface area contributed by atoms with E-state index in [2.05, 4.69) is 0 Å². The first kappa shape index (κ1) is 16.2. The van der Waals surface area contributed by atoms with Crippen LogP contribution in [-0.4, -0.2) is 42.0 Å². The van der Waals surface area contributed by atoms with Crippen molar-refractivity contribution in [2.24, 2.45) is 0 Å². The second kappa shape index (κ2) is 3.43. The van der Waals surface area contributed by atoms with E-state index < -0.39 is 42.0 Å². The molecule has 0 atom stereocenters. The van der Waals surface area contributed by atoms with Crippen LogP contribution in [0.2, 0.25) is 0 Å². The van der Waals surface area contributed by atoms with Gasteiger partial charge in [0.05, 0.1) is 0 Å². The third kappa shape index (κ3) is 1.25. The Morgan fingerprint density at radius 3 is 0.842 bits per heavy atom. The van der Waals surface area contributed by atoms with Crippen LogP contribution in [0.3, 0.4) is 0 Å². The molecular formula is C7H2F12. The summed E-state index contributed by atoms with van der Waals surface area (Å²) in [6.07, 6.45) is 0. The zero-order valence-corrected chi connectivity index (χ0v) is 8.24. The lowest BCUT2D eigenvalue weighted by molar-refractivity contribution is -0.485. The number of rotatable bonds is 1. The highest BCUT2D eigenvalue weighted by molar-refractivity contribution is 5.26. The first-order chi connectivity index (χ1) is 8.06. The minimum Gasteiger partial charge on any atom is -0.247 e. The Morgan fingerprint density at radius 2 is 0.632 bits per heavy atom. The van der Waals surface area contributed by atoms with Crippen molar-refractivity contribution in [2.45, 2.75) is 35.3 Å². The fraction of sp³-hybridized carbons (Fsp3) is 1.00. The molecule has 1 aliphatic rings. The van der Waals surface area contributed by atoms with Crippen LogP contribution in [0.1, 0.15) is 0 Å². The molecule has 0 spiro atoms. The van der Waals surface area contributed by atoms with E-state index in [9.17, 15) is 52.7 Å². The molecule has 1 rings (SSSR count). The Bertz CT molecular complexity index is 352. The van der Waals surface area contributed by atoms with Crippen molar-refractivity contribution in [3.63, 3.8) is 0 Å². The minimum atomic E-state index is -7.28. The van der Waals surface area contributed by atoms with Gasteiger partial charge in [0.15, 0.2) is 0 Å². The lowest BCUT2D eigenvalue weighted by Gasteiger charge is -2.51. The molecule has 0 saturated heterocycles. The zero-order valence-electron chi connectivity index (χ0n) is 8.24. The maximum Gasteiger partial charge on any atom is 0.384 e. The average Bonchev–Trinajstić information content (AvgIpc) is 2.24. The molecule has 0 aromatic carbocycles. The van der Waals surface area contributed by atoms with Crippen LogP contribution >= 0.6 is 0 Å². The number of alkyl halides is 12. The van der Waals surface area contributed by atoms with Gasteiger partial charge in [-0.1, -0.05) is 0 Å². The maximum atomic E-state index is 13.0. The third-order valence-corrected chi connectivity index (χ3v) is 2.76. The van der Waals surface area contributed by atoms with Gasteiger partial charge < -0.3 is 0 Å². The van der Waals surface area contributed by atoms with Crippen LogP contribution in [0.25, 0.3) is 0 Å². The first-order valence-corrected chi connectivity index (χ1v) is 4.20. The smallest absolute Gasteiger partial charge is 0.247 e. The molecule has 0 N–H and O–H groups in total. The lowest BCUT2D eigenvalue weighted by atomic mass is 9.73. The summed E-state index contributed by atoms with van der Waals surface area (Å²) in [4.78, 5) is 0. The van der Waals surface area contributed by atoms with Gasteiger partial charge in [-0.2, -0.15) is 43.9 Å². The van der Waals surface area contributed by atoms with Gasteiger partial charge in [-0.05, 0) is 0 Å². The number of halogens is 12. The van der Waals surface area contributed by atoms with Crippen LogP contribution in [0.4, 0.5) is 52.7 Å². The average molecular weight is 314 g/mol. The molecule has 12 heteroatoms. The Hall–Kier alpha value is -0.840. The van der Waals surface area contributed by atoms with E-state index in [0.29, 0.717) is 0 Å². The van der Waals surface area contributed by atoms with Gasteiger partial charge in [0.2, 0.25) is 0 Å². The van der Waals surface area contributed by atoms with Crippen molar-refractivity contribution in [1.29, 1.82) is 0 Å². The summed E-state index contributed by atoms with van der Waals surface area (Å²) in [6.45, 7) is -3.71. The quantitative estimate of drug-likeness (QED) is 0.645. The monoisotopic (exact) mass is 314 g/mol. The molecule has 0 aliphatic heterocycles. The molecule has 1 saturated carbocycles. The number of hydrogen-bond acceptors (Lipinski definition) is 0. The SMILES string of the molecule is FCC1(F)C(F)(F)C(F)(F)C(F)(F)C(F)(F)C1(F)F. The largest absolute Gasteiger partial charge is 0.384 e. The highest BCUT2D eigenvalue weighted by Crippen LogP contribution is 2.69. The first-order valence-electron chi connectivity index (χ1n) is 4.20. The maximum absolute atomic E-state index is 13.0. The molecule has 0 nitrogen and oxygen atoms in total. The molecule has 0 aromatic rings. The molecule has 0 aromatic heterocycles. The highest BCUT2D eigenvalue weighted by atomic mass is 19.4. The number of hydrogen-bond donors (Lipinski definition) is 0. The van der Waals surface area contributed by atoms with E-state index in [1.54, 1.807) is 0 Å². The van der Waals surface area contributed by atoms with E-state index in [1.807, 2.05) is 0 Å². The topological polar surface area (TPSA) is 0 Å². The summed E-state index contributed by atoms with van der Waals surface area (Å²) in [6, 6.07) is 0. The van der Waals surface area contributed by atoms with Crippen molar-refractivity contribution in [1.82, 2.24) is 0 Å². The second-order valence-electron chi connectivity index (χ2n) is 3.81. The molecule has 0 unspecified atom stereocenters. The van der Waals surface area contributed by atoms with Crippen molar-refractivity contribution in [3.8, 4) is 0 Å². The summed E-state index contributed by atoms with van der Waals surface area (Å²) in [5.74, 6) is -35.8. The third-order valence-electron chi connectivity index (χ3n) is 2.76. The van der Waals surface area contributed by atoms with Gasteiger partial charge in [-0.3, -0.25) is 0 Å². The van der Waals surface area contributed by atoms with Gasteiger partial charge >= 0.3 is 29.6 Å². The van der Waals surface area contributed by atoms with Gasteiger partial charge in [0.25, 0.3) is 5.67 Å². The summed E-state index contributed by atoms with van der Waals surface area (Å²) in [5.41, 5.74) is -6.48. The van der Waals surface area contributed by atoms with E-state index in [4.69, 9.17) is 0 Å². The summed E-state index contributed by atoms with van der Waals surface area (Å²) in [7, 11) is 0. The molecule has 0 amide bonds. The molecule has 19 heavy (non-hydrogen) atoms. The highest BCUT2D eigenvalue weighted by Gasteiger charge is 3.01. The van der Waals surface area contributed by atoms with E-state index >= 15 is 0 Å². The molecule has 1 aliphatic carbocycles. The minimum absolute atomic E-state index is 3.71. The summed E-state index contributed by atoms with van der Waals surface area (Å²) in [5, 5.41) is 0. The van der Waals surface area contributed by atoms with Crippen LogP contribution in [0.5, 0.6) is 0 Å².